The standard InChI is InChI=1S/C17H25BrN2/c18-16-10-13(11-19)7-8-15(16)12-20-9-3-6-17(20)14-4-1-2-5-14/h7-8,10,14,17H,1-6,9,11-12,19H2. The molecule has 110 valence electrons. The Hall–Kier alpha value is -0.380. The number of halogens is 1. The Bertz CT molecular complexity index is 454. The molecule has 20 heavy (non-hydrogen) atoms. The van der Waals surface area contributed by atoms with Crippen LogP contribution in [0.5, 0.6) is 0 Å². The summed E-state index contributed by atoms with van der Waals surface area (Å²) in [6.07, 6.45) is 8.58. The van der Waals surface area contributed by atoms with E-state index in [4.69, 9.17) is 5.73 Å². The van der Waals surface area contributed by atoms with Crippen LogP contribution in [0.3, 0.4) is 0 Å². The number of benzene rings is 1. The molecule has 1 aliphatic carbocycles. The van der Waals surface area contributed by atoms with E-state index in [9.17, 15) is 0 Å². The molecule has 2 nitrogen and oxygen atoms in total. The lowest BCUT2D eigenvalue weighted by Crippen LogP contribution is -2.34. The van der Waals surface area contributed by atoms with Crippen molar-refractivity contribution in [1.29, 1.82) is 0 Å². The number of likely N-dealkylation sites (tertiary alicyclic amines) is 1. The molecule has 0 bridgehead atoms. The van der Waals surface area contributed by atoms with Gasteiger partial charge in [0.15, 0.2) is 0 Å². The van der Waals surface area contributed by atoms with Crippen LogP contribution < -0.4 is 5.73 Å². The topological polar surface area (TPSA) is 29.3 Å². The quantitative estimate of drug-likeness (QED) is 0.898. The van der Waals surface area contributed by atoms with Crippen LogP contribution in [0.15, 0.2) is 22.7 Å². The molecule has 3 rings (SSSR count). The first-order valence-electron chi connectivity index (χ1n) is 7.99. The normalized spacial score (nSPS) is 24.6. The van der Waals surface area contributed by atoms with Crippen LogP contribution in [0.4, 0.5) is 0 Å². The average Bonchev–Trinajstić information content (AvgIpc) is 3.11. The van der Waals surface area contributed by atoms with Gasteiger partial charge in [0.25, 0.3) is 0 Å². The average molecular weight is 337 g/mol. The van der Waals surface area contributed by atoms with E-state index in [0.29, 0.717) is 6.54 Å². The molecule has 2 N–H and O–H groups in total. The van der Waals surface area contributed by atoms with Crippen LogP contribution in [-0.4, -0.2) is 17.5 Å². The zero-order valence-corrected chi connectivity index (χ0v) is 13.7. The molecule has 1 unspecified atom stereocenters. The zero-order valence-electron chi connectivity index (χ0n) is 12.2. The van der Waals surface area contributed by atoms with E-state index in [1.807, 2.05) is 0 Å². The summed E-state index contributed by atoms with van der Waals surface area (Å²) in [4.78, 5) is 2.72. The van der Waals surface area contributed by atoms with Crippen molar-refractivity contribution in [3.8, 4) is 0 Å². The van der Waals surface area contributed by atoms with Crippen LogP contribution in [0, 0.1) is 5.92 Å². The molecule has 1 aromatic rings. The molecule has 2 aliphatic rings. The summed E-state index contributed by atoms with van der Waals surface area (Å²) in [7, 11) is 0. The van der Waals surface area contributed by atoms with Crippen LogP contribution in [0.25, 0.3) is 0 Å². The highest BCUT2D eigenvalue weighted by molar-refractivity contribution is 9.10. The van der Waals surface area contributed by atoms with Crippen molar-refractivity contribution in [2.24, 2.45) is 11.7 Å². The maximum absolute atomic E-state index is 5.71. The minimum absolute atomic E-state index is 0.618. The Balaban J connectivity index is 1.69. The van der Waals surface area contributed by atoms with Crippen LogP contribution in [0.1, 0.15) is 49.7 Å². The Morgan fingerprint density at radius 2 is 1.95 bits per heavy atom. The lowest BCUT2D eigenvalue weighted by atomic mass is 9.95. The van der Waals surface area contributed by atoms with Crippen LogP contribution >= 0.6 is 15.9 Å². The maximum Gasteiger partial charge on any atom is 0.0247 e. The summed E-state index contributed by atoms with van der Waals surface area (Å²) in [5, 5.41) is 0. The van der Waals surface area contributed by atoms with Crippen molar-refractivity contribution in [3.63, 3.8) is 0 Å². The minimum Gasteiger partial charge on any atom is -0.326 e. The first-order chi connectivity index (χ1) is 9.78. The molecule has 1 aromatic carbocycles. The Morgan fingerprint density at radius 1 is 1.15 bits per heavy atom. The number of hydrogen-bond donors (Lipinski definition) is 1. The van der Waals surface area contributed by atoms with Gasteiger partial charge >= 0.3 is 0 Å². The summed E-state index contributed by atoms with van der Waals surface area (Å²) in [5.74, 6) is 0.958. The predicted molar refractivity (Wildman–Crippen MR) is 87.4 cm³/mol. The van der Waals surface area contributed by atoms with Crippen molar-refractivity contribution in [3.05, 3.63) is 33.8 Å². The third-order valence-electron chi connectivity index (χ3n) is 5.08. The Morgan fingerprint density at radius 3 is 2.65 bits per heavy atom. The highest BCUT2D eigenvalue weighted by Gasteiger charge is 2.33. The summed E-state index contributed by atoms with van der Waals surface area (Å²) in [6, 6.07) is 7.42. The molecule has 1 saturated heterocycles. The molecule has 1 saturated carbocycles. The van der Waals surface area contributed by atoms with Crippen molar-refractivity contribution >= 4 is 15.9 Å². The molecule has 3 heteroatoms. The van der Waals surface area contributed by atoms with Crippen molar-refractivity contribution < 1.29 is 0 Å². The summed E-state index contributed by atoms with van der Waals surface area (Å²) >= 11 is 3.72. The molecule has 1 atom stereocenters. The fraction of sp³-hybridized carbons (Fsp3) is 0.647. The van der Waals surface area contributed by atoms with E-state index < -0.39 is 0 Å². The van der Waals surface area contributed by atoms with Crippen LogP contribution in [0.2, 0.25) is 0 Å². The van der Waals surface area contributed by atoms with E-state index in [1.54, 1.807) is 0 Å². The van der Waals surface area contributed by atoms with Crippen molar-refractivity contribution in [2.45, 2.75) is 57.7 Å². The van der Waals surface area contributed by atoms with E-state index in [2.05, 4.69) is 39.0 Å². The SMILES string of the molecule is NCc1ccc(CN2CCCC2C2CCCC2)c(Br)c1. The number of nitrogens with zero attached hydrogens (tertiary/aromatic N) is 1. The van der Waals surface area contributed by atoms with Gasteiger partial charge in [0, 0.05) is 23.6 Å². The van der Waals surface area contributed by atoms with Crippen molar-refractivity contribution in [1.82, 2.24) is 4.90 Å². The molecular formula is C17H25BrN2. The van der Waals surface area contributed by atoms with Gasteiger partial charge in [0.2, 0.25) is 0 Å². The molecule has 0 spiro atoms. The van der Waals surface area contributed by atoms with Gasteiger partial charge in [-0.2, -0.15) is 0 Å². The lowest BCUT2D eigenvalue weighted by Gasteiger charge is -2.29. The largest absolute Gasteiger partial charge is 0.326 e. The molecular weight excluding hydrogens is 312 g/mol. The van der Waals surface area contributed by atoms with Gasteiger partial charge in [0.1, 0.15) is 0 Å². The van der Waals surface area contributed by atoms with Gasteiger partial charge in [0.05, 0.1) is 0 Å². The summed E-state index contributed by atoms with van der Waals surface area (Å²) in [6.45, 7) is 2.98. The second kappa shape index (κ2) is 6.59. The van der Waals surface area contributed by atoms with E-state index in [0.717, 1.165) is 18.5 Å². The highest BCUT2D eigenvalue weighted by Crippen LogP contribution is 2.36. The van der Waals surface area contributed by atoms with Gasteiger partial charge in [-0.1, -0.05) is 40.9 Å². The van der Waals surface area contributed by atoms with Gasteiger partial charge < -0.3 is 5.73 Å². The van der Waals surface area contributed by atoms with Crippen molar-refractivity contribution in [2.75, 3.05) is 6.54 Å². The molecule has 0 aromatic heterocycles. The zero-order chi connectivity index (χ0) is 13.9. The van der Waals surface area contributed by atoms with Gasteiger partial charge in [-0.05, 0) is 55.3 Å². The number of rotatable bonds is 4. The first-order valence-corrected chi connectivity index (χ1v) is 8.78. The van der Waals surface area contributed by atoms with E-state index in [1.165, 1.54) is 60.7 Å². The van der Waals surface area contributed by atoms with E-state index in [-0.39, 0.29) is 0 Å². The second-order valence-corrected chi connectivity index (χ2v) is 7.21. The first kappa shape index (κ1) is 14.6. The maximum atomic E-state index is 5.71. The molecule has 0 amide bonds. The van der Waals surface area contributed by atoms with Crippen LogP contribution in [-0.2, 0) is 13.1 Å². The smallest absolute Gasteiger partial charge is 0.0247 e. The fourth-order valence-electron chi connectivity index (χ4n) is 3.99. The molecule has 0 radical (unpaired) electrons. The van der Waals surface area contributed by atoms with Gasteiger partial charge in [-0.15, -0.1) is 0 Å². The summed E-state index contributed by atoms with van der Waals surface area (Å²) in [5.41, 5.74) is 8.32. The Kier molecular flexibility index (Phi) is 4.79. The summed E-state index contributed by atoms with van der Waals surface area (Å²) < 4.78 is 1.22. The predicted octanol–water partition coefficient (Wildman–Crippen LogP) is 4.06. The number of hydrogen-bond acceptors (Lipinski definition) is 2. The van der Waals surface area contributed by atoms with E-state index >= 15 is 0 Å². The molecule has 2 fully saturated rings. The van der Waals surface area contributed by atoms with Gasteiger partial charge in [-0.3, -0.25) is 4.90 Å². The monoisotopic (exact) mass is 336 g/mol. The third kappa shape index (κ3) is 3.10. The second-order valence-electron chi connectivity index (χ2n) is 6.35. The number of nitrogens with two attached hydrogens (primary N) is 1. The third-order valence-corrected chi connectivity index (χ3v) is 5.82. The Labute approximate surface area is 130 Å². The highest BCUT2D eigenvalue weighted by atomic mass is 79.9. The lowest BCUT2D eigenvalue weighted by molar-refractivity contribution is 0.183. The van der Waals surface area contributed by atoms with Gasteiger partial charge in [-0.25, -0.2) is 0 Å². The fourth-order valence-corrected chi connectivity index (χ4v) is 4.54. The molecule has 1 heterocycles. The minimum atomic E-state index is 0.618. The molecule has 1 aliphatic heterocycles.